The molecule has 124 valence electrons. The summed E-state index contributed by atoms with van der Waals surface area (Å²) in [5.74, 6) is 0. The van der Waals surface area contributed by atoms with E-state index in [1.54, 1.807) is 6.07 Å². The first-order chi connectivity index (χ1) is 11.9. The van der Waals surface area contributed by atoms with Crippen molar-refractivity contribution in [2.24, 2.45) is 0 Å². The van der Waals surface area contributed by atoms with Crippen molar-refractivity contribution in [1.29, 1.82) is 0 Å². The van der Waals surface area contributed by atoms with Gasteiger partial charge in [-0.05, 0) is 47.0 Å². The Kier molecular flexibility index (Phi) is 3.69. The summed E-state index contributed by atoms with van der Waals surface area (Å²) in [5.41, 5.74) is 3.35. The first-order valence-electron chi connectivity index (χ1n) is 7.89. The minimum Gasteiger partial charge on any atom is -0.320 e. The lowest BCUT2D eigenvalue weighted by atomic mass is 9.95. The Bertz CT molecular complexity index is 1160. The van der Waals surface area contributed by atoms with Crippen LogP contribution in [0.25, 0.3) is 32.8 Å². The first kappa shape index (κ1) is 16.0. The number of rotatable bonds is 2. The highest BCUT2D eigenvalue weighted by molar-refractivity contribution is 7.60. The molecule has 0 aliphatic heterocycles. The molecule has 1 heterocycles. The van der Waals surface area contributed by atoms with Gasteiger partial charge in [-0.25, -0.2) is 4.98 Å². The van der Waals surface area contributed by atoms with Crippen molar-refractivity contribution >= 4 is 34.7 Å². The molecule has 0 bridgehead atoms. The van der Waals surface area contributed by atoms with Gasteiger partial charge in [0.05, 0.1) is 5.52 Å². The highest BCUT2D eigenvalue weighted by Crippen LogP contribution is 2.36. The molecule has 0 aliphatic carbocycles. The lowest BCUT2D eigenvalue weighted by Crippen LogP contribution is -2.09. The molecule has 1 aromatic heterocycles. The number of aryl methyl sites for hydroxylation is 1. The van der Waals surface area contributed by atoms with Crippen molar-refractivity contribution in [3.05, 3.63) is 72.3 Å². The standard InChI is InChI=1S/C20H16NO3P/c1-13-11-15-9-10-19(25(22,23)24)21-20(15)18(12-13)17-8-4-6-14-5-2-3-7-16(14)17/h2-12H,1H3,(H2,22,23,24). The lowest BCUT2D eigenvalue weighted by Gasteiger charge is -2.12. The van der Waals surface area contributed by atoms with Crippen molar-refractivity contribution < 1.29 is 14.4 Å². The molecular weight excluding hydrogens is 333 g/mol. The summed E-state index contributed by atoms with van der Waals surface area (Å²) in [5, 5.41) is 3.06. The summed E-state index contributed by atoms with van der Waals surface area (Å²) < 4.78 is 11.6. The molecule has 0 fully saturated rings. The maximum Gasteiger partial charge on any atom is 0.374 e. The van der Waals surface area contributed by atoms with Crippen LogP contribution >= 0.6 is 7.60 Å². The van der Waals surface area contributed by atoms with Crippen LogP contribution in [0.5, 0.6) is 0 Å². The van der Waals surface area contributed by atoms with Gasteiger partial charge in [0.25, 0.3) is 0 Å². The number of fused-ring (bicyclic) bond motifs is 2. The molecular formula is C20H16NO3P. The summed E-state index contributed by atoms with van der Waals surface area (Å²) >= 11 is 0. The molecule has 25 heavy (non-hydrogen) atoms. The predicted octanol–water partition coefficient (Wildman–Crippen LogP) is 4.17. The van der Waals surface area contributed by atoms with Gasteiger partial charge >= 0.3 is 7.60 Å². The maximum absolute atomic E-state index is 11.6. The monoisotopic (exact) mass is 349 g/mol. The van der Waals surface area contributed by atoms with Crippen LogP contribution in [-0.4, -0.2) is 14.8 Å². The van der Waals surface area contributed by atoms with E-state index in [4.69, 9.17) is 0 Å². The molecule has 0 aliphatic rings. The maximum atomic E-state index is 11.6. The van der Waals surface area contributed by atoms with Crippen molar-refractivity contribution in [2.45, 2.75) is 6.92 Å². The third kappa shape index (κ3) is 2.85. The second kappa shape index (κ2) is 5.78. The Morgan fingerprint density at radius 3 is 2.40 bits per heavy atom. The van der Waals surface area contributed by atoms with Crippen LogP contribution in [-0.2, 0) is 4.57 Å². The van der Waals surface area contributed by atoms with E-state index in [2.05, 4.69) is 4.98 Å². The summed E-state index contributed by atoms with van der Waals surface area (Å²) in [6.07, 6.45) is 0. The van der Waals surface area contributed by atoms with E-state index in [0.29, 0.717) is 5.52 Å². The normalized spacial score (nSPS) is 12.0. The topological polar surface area (TPSA) is 70.4 Å². The number of benzene rings is 3. The van der Waals surface area contributed by atoms with Crippen molar-refractivity contribution in [1.82, 2.24) is 4.98 Å². The lowest BCUT2D eigenvalue weighted by molar-refractivity contribution is 0.386. The Labute approximate surface area is 144 Å². The largest absolute Gasteiger partial charge is 0.374 e. The Hall–Kier alpha value is -2.52. The van der Waals surface area contributed by atoms with Crippen LogP contribution in [0.1, 0.15) is 5.56 Å². The molecule has 0 spiro atoms. The van der Waals surface area contributed by atoms with E-state index in [0.717, 1.165) is 32.8 Å². The fraction of sp³-hybridized carbons (Fsp3) is 0.0500. The molecule has 4 nitrogen and oxygen atoms in total. The van der Waals surface area contributed by atoms with Crippen LogP contribution in [0.4, 0.5) is 0 Å². The van der Waals surface area contributed by atoms with E-state index < -0.39 is 7.60 Å². The number of nitrogens with zero attached hydrogens (tertiary/aromatic N) is 1. The van der Waals surface area contributed by atoms with E-state index in [9.17, 15) is 14.4 Å². The van der Waals surface area contributed by atoms with Crippen LogP contribution in [0.3, 0.4) is 0 Å². The van der Waals surface area contributed by atoms with E-state index in [1.807, 2.05) is 61.5 Å². The van der Waals surface area contributed by atoms with Crippen LogP contribution in [0.2, 0.25) is 0 Å². The molecule has 0 unspecified atom stereocenters. The summed E-state index contributed by atoms with van der Waals surface area (Å²) in [4.78, 5) is 23.3. The average molecular weight is 349 g/mol. The van der Waals surface area contributed by atoms with Gasteiger partial charge in [0.1, 0.15) is 0 Å². The molecule has 0 radical (unpaired) electrons. The summed E-state index contributed by atoms with van der Waals surface area (Å²) in [6, 6.07) is 21.2. The molecule has 0 amide bonds. The minimum atomic E-state index is -4.40. The average Bonchev–Trinajstić information content (AvgIpc) is 2.59. The van der Waals surface area contributed by atoms with Gasteiger partial charge in [0.15, 0.2) is 5.44 Å². The third-order valence-corrected chi connectivity index (χ3v) is 5.15. The summed E-state index contributed by atoms with van der Waals surface area (Å²) in [7, 11) is -4.40. The Morgan fingerprint density at radius 1 is 0.840 bits per heavy atom. The molecule has 5 heteroatoms. The van der Waals surface area contributed by atoms with Gasteiger partial charge in [-0.2, -0.15) is 0 Å². The molecule has 4 rings (SSSR count). The van der Waals surface area contributed by atoms with Crippen molar-refractivity contribution in [2.75, 3.05) is 0 Å². The zero-order chi connectivity index (χ0) is 17.6. The number of hydrogen-bond acceptors (Lipinski definition) is 2. The number of pyridine rings is 1. The van der Waals surface area contributed by atoms with Crippen LogP contribution < -0.4 is 5.44 Å². The van der Waals surface area contributed by atoms with E-state index in [1.165, 1.54) is 6.07 Å². The highest BCUT2D eigenvalue weighted by atomic mass is 31.2. The quantitative estimate of drug-likeness (QED) is 0.533. The third-order valence-electron chi connectivity index (χ3n) is 4.30. The van der Waals surface area contributed by atoms with Gasteiger partial charge in [-0.3, -0.25) is 4.57 Å². The SMILES string of the molecule is Cc1cc(-c2cccc3ccccc23)c2nc(P(=O)(O)O)ccc2c1. The van der Waals surface area contributed by atoms with Gasteiger partial charge in [-0.1, -0.05) is 48.5 Å². The predicted molar refractivity (Wildman–Crippen MR) is 101 cm³/mol. The van der Waals surface area contributed by atoms with Crippen molar-refractivity contribution in [3.63, 3.8) is 0 Å². The van der Waals surface area contributed by atoms with Gasteiger partial charge in [0.2, 0.25) is 0 Å². The van der Waals surface area contributed by atoms with Gasteiger partial charge in [-0.15, -0.1) is 0 Å². The first-order valence-corrected chi connectivity index (χ1v) is 9.50. The van der Waals surface area contributed by atoms with E-state index >= 15 is 0 Å². The fourth-order valence-corrected chi connectivity index (χ4v) is 3.70. The van der Waals surface area contributed by atoms with Crippen molar-refractivity contribution in [3.8, 4) is 11.1 Å². The van der Waals surface area contributed by atoms with Crippen LogP contribution in [0, 0.1) is 6.92 Å². The number of aromatic nitrogens is 1. The molecule has 2 N–H and O–H groups in total. The Balaban J connectivity index is 2.11. The Morgan fingerprint density at radius 2 is 1.60 bits per heavy atom. The molecule has 0 atom stereocenters. The van der Waals surface area contributed by atoms with Gasteiger partial charge in [0, 0.05) is 10.9 Å². The minimum absolute atomic E-state index is 0.203. The second-order valence-corrected chi connectivity index (χ2v) is 7.67. The summed E-state index contributed by atoms with van der Waals surface area (Å²) in [6.45, 7) is 2.00. The molecule has 0 saturated carbocycles. The number of hydrogen-bond donors (Lipinski definition) is 2. The fourth-order valence-electron chi connectivity index (χ4n) is 3.20. The molecule has 4 aromatic rings. The van der Waals surface area contributed by atoms with Crippen LogP contribution in [0.15, 0.2) is 66.7 Å². The second-order valence-electron chi connectivity index (χ2n) is 6.12. The highest BCUT2D eigenvalue weighted by Gasteiger charge is 2.20. The van der Waals surface area contributed by atoms with E-state index in [-0.39, 0.29) is 5.44 Å². The molecule has 0 saturated heterocycles. The molecule has 3 aromatic carbocycles. The zero-order valence-corrected chi connectivity index (χ0v) is 14.4. The zero-order valence-electron chi connectivity index (χ0n) is 13.5. The van der Waals surface area contributed by atoms with Gasteiger partial charge < -0.3 is 9.79 Å². The smallest absolute Gasteiger partial charge is 0.320 e.